The molecule has 0 aliphatic heterocycles. The van der Waals surface area contributed by atoms with E-state index in [9.17, 15) is 9.18 Å². The first kappa shape index (κ1) is 7.65. The molecule has 0 aliphatic carbocycles. The van der Waals surface area contributed by atoms with Gasteiger partial charge in [0.05, 0.1) is 11.3 Å². The topological polar surface area (TPSA) is 50.2 Å². The summed E-state index contributed by atoms with van der Waals surface area (Å²) in [6.45, 7) is 1.47. The number of nitrogens with zero attached hydrogens (tertiary/aromatic N) is 1. The van der Waals surface area contributed by atoms with Crippen molar-refractivity contribution >= 4 is 5.97 Å². The molecule has 0 spiro atoms. The van der Waals surface area contributed by atoms with Crippen LogP contribution in [0.3, 0.4) is 0 Å². The van der Waals surface area contributed by atoms with Gasteiger partial charge in [0.25, 0.3) is 0 Å². The lowest BCUT2D eigenvalue weighted by molar-refractivity contribution is 0.0696. The van der Waals surface area contributed by atoms with Gasteiger partial charge in [-0.1, -0.05) is 0 Å². The fraction of sp³-hybridized carbons (Fsp3) is 0.143. The number of pyridine rings is 1. The van der Waals surface area contributed by atoms with Crippen molar-refractivity contribution in [3.05, 3.63) is 29.3 Å². The molecule has 0 unspecified atom stereocenters. The zero-order valence-corrected chi connectivity index (χ0v) is 5.84. The second-order valence-electron chi connectivity index (χ2n) is 2.10. The maximum absolute atomic E-state index is 12.6. The number of aromatic nitrogens is 1. The van der Waals surface area contributed by atoms with Crippen LogP contribution < -0.4 is 0 Å². The minimum absolute atomic E-state index is 0.131. The summed E-state index contributed by atoms with van der Waals surface area (Å²) in [5.41, 5.74) is 0.0723. The van der Waals surface area contributed by atoms with Crippen molar-refractivity contribution < 1.29 is 14.3 Å². The summed E-state index contributed by atoms with van der Waals surface area (Å²) < 4.78 is 12.6. The number of carbonyl (C=O) groups is 1. The summed E-state index contributed by atoms with van der Waals surface area (Å²) in [6.07, 6.45) is 1.13. The molecular formula is C7H6FNO2. The zero-order chi connectivity index (χ0) is 8.43. The van der Waals surface area contributed by atoms with Gasteiger partial charge in [-0.05, 0) is 13.0 Å². The molecule has 0 radical (unpaired) electrons. The van der Waals surface area contributed by atoms with Crippen LogP contribution in [-0.4, -0.2) is 16.1 Å². The van der Waals surface area contributed by atoms with E-state index in [4.69, 9.17) is 5.11 Å². The SMILES string of the molecule is Cc1ncc(C(=O)O)cc1F. The Kier molecular flexibility index (Phi) is 1.85. The van der Waals surface area contributed by atoms with Crippen LogP contribution in [0.15, 0.2) is 12.3 Å². The second-order valence-corrected chi connectivity index (χ2v) is 2.10. The van der Waals surface area contributed by atoms with Crippen LogP contribution in [0, 0.1) is 12.7 Å². The normalized spacial score (nSPS) is 9.64. The van der Waals surface area contributed by atoms with Crippen LogP contribution in [0.5, 0.6) is 0 Å². The van der Waals surface area contributed by atoms with E-state index >= 15 is 0 Å². The second kappa shape index (κ2) is 2.65. The Morgan fingerprint density at radius 3 is 2.82 bits per heavy atom. The van der Waals surface area contributed by atoms with Gasteiger partial charge in [-0.2, -0.15) is 0 Å². The molecule has 3 nitrogen and oxygen atoms in total. The van der Waals surface area contributed by atoms with Crippen molar-refractivity contribution in [2.45, 2.75) is 6.92 Å². The summed E-state index contributed by atoms with van der Waals surface area (Å²) in [5.74, 6) is -1.76. The quantitative estimate of drug-likeness (QED) is 0.663. The molecule has 0 fully saturated rings. The Bertz CT molecular complexity index is 298. The predicted molar refractivity (Wildman–Crippen MR) is 35.9 cm³/mol. The van der Waals surface area contributed by atoms with Gasteiger partial charge in [-0.15, -0.1) is 0 Å². The molecule has 11 heavy (non-hydrogen) atoms. The van der Waals surface area contributed by atoms with Crippen molar-refractivity contribution in [3.8, 4) is 0 Å². The highest BCUT2D eigenvalue weighted by atomic mass is 19.1. The molecule has 0 aromatic carbocycles. The van der Waals surface area contributed by atoms with Crippen LogP contribution in [0.1, 0.15) is 16.1 Å². The number of halogens is 1. The number of hydrogen-bond acceptors (Lipinski definition) is 2. The molecule has 1 heterocycles. The number of hydrogen-bond donors (Lipinski definition) is 1. The number of aromatic carboxylic acids is 1. The third-order valence-corrected chi connectivity index (χ3v) is 1.27. The summed E-state index contributed by atoms with van der Waals surface area (Å²) in [6, 6.07) is 0.949. The van der Waals surface area contributed by atoms with E-state index in [-0.39, 0.29) is 11.3 Å². The minimum atomic E-state index is -1.17. The number of rotatable bonds is 1. The lowest BCUT2D eigenvalue weighted by Crippen LogP contribution is -1.99. The molecule has 1 rings (SSSR count). The first-order valence-corrected chi connectivity index (χ1v) is 2.96. The highest BCUT2D eigenvalue weighted by molar-refractivity contribution is 5.87. The van der Waals surface area contributed by atoms with Crippen molar-refractivity contribution in [2.75, 3.05) is 0 Å². The summed E-state index contributed by atoms with van der Waals surface area (Å²) in [7, 11) is 0. The van der Waals surface area contributed by atoms with Gasteiger partial charge >= 0.3 is 5.97 Å². The van der Waals surface area contributed by atoms with Crippen LogP contribution in [-0.2, 0) is 0 Å². The van der Waals surface area contributed by atoms with E-state index in [0.717, 1.165) is 12.3 Å². The fourth-order valence-corrected chi connectivity index (χ4v) is 0.623. The van der Waals surface area contributed by atoms with Gasteiger partial charge in [-0.25, -0.2) is 9.18 Å². The highest BCUT2D eigenvalue weighted by Gasteiger charge is 2.05. The van der Waals surface area contributed by atoms with Crippen molar-refractivity contribution in [2.24, 2.45) is 0 Å². The lowest BCUT2D eigenvalue weighted by atomic mass is 10.2. The van der Waals surface area contributed by atoms with Crippen LogP contribution >= 0.6 is 0 Å². The Morgan fingerprint density at radius 2 is 2.36 bits per heavy atom. The molecule has 1 aromatic rings. The van der Waals surface area contributed by atoms with Crippen molar-refractivity contribution in [1.82, 2.24) is 4.98 Å². The van der Waals surface area contributed by atoms with Crippen molar-refractivity contribution in [1.29, 1.82) is 0 Å². The van der Waals surface area contributed by atoms with E-state index in [0.29, 0.717) is 0 Å². The number of carboxylic acids is 1. The molecule has 4 heteroatoms. The Labute approximate surface area is 62.5 Å². The first-order valence-electron chi connectivity index (χ1n) is 2.96. The van der Waals surface area contributed by atoms with Gasteiger partial charge in [0.15, 0.2) is 0 Å². The van der Waals surface area contributed by atoms with E-state index < -0.39 is 11.8 Å². The largest absolute Gasteiger partial charge is 0.478 e. The maximum Gasteiger partial charge on any atom is 0.337 e. The molecule has 0 saturated heterocycles. The van der Waals surface area contributed by atoms with Crippen molar-refractivity contribution in [3.63, 3.8) is 0 Å². The summed E-state index contributed by atoms with van der Waals surface area (Å²) >= 11 is 0. The molecular weight excluding hydrogens is 149 g/mol. The average Bonchev–Trinajstić information content (AvgIpc) is 1.94. The van der Waals surface area contributed by atoms with Gasteiger partial charge in [-0.3, -0.25) is 4.98 Å². The van der Waals surface area contributed by atoms with E-state index in [2.05, 4.69) is 4.98 Å². The third-order valence-electron chi connectivity index (χ3n) is 1.27. The molecule has 0 saturated carbocycles. The molecule has 0 aliphatic rings. The van der Waals surface area contributed by atoms with Crippen LogP contribution in [0.4, 0.5) is 4.39 Å². The van der Waals surface area contributed by atoms with Gasteiger partial charge < -0.3 is 5.11 Å². The summed E-state index contributed by atoms with van der Waals surface area (Å²) in [4.78, 5) is 13.8. The monoisotopic (exact) mass is 155 g/mol. The number of carboxylic acid groups (broad SMARTS) is 1. The van der Waals surface area contributed by atoms with Crippen LogP contribution in [0.25, 0.3) is 0 Å². The average molecular weight is 155 g/mol. The standard InChI is InChI=1S/C7H6FNO2/c1-4-6(8)2-5(3-9-4)7(10)11/h2-3H,1H3,(H,10,11). The Morgan fingerprint density at radius 1 is 1.73 bits per heavy atom. The third kappa shape index (κ3) is 1.52. The maximum atomic E-state index is 12.6. The molecule has 58 valence electrons. The smallest absolute Gasteiger partial charge is 0.337 e. The first-order chi connectivity index (χ1) is 5.11. The van der Waals surface area contributed by atoms with Crippen LogP contribution in [0.2, 0.25) is 0 Å². The Hall–Kier alpha value is -1.45. The predicted octanol–water partition coefficient (Wildman–Crippen LogP) is 1.23. The number of aryl methyl sites for hydroxylation is 1. The van der Waals surface area contributed by atoms with Gasteiger partial charge in [0.1, 0.15) is 5.82 Å². The minimum Gasteiger partial charge on any atom is -0.478 e. The molecule has 1 aromatic heterocycles. The molecule has 0 bridgehead atoms. The van der Waals surface area contributed by atoms with E-state index in [1.165, 1.54) is 6.92 Å². The summed E-state index contributed by atoms with van der Waals surface area (Å²) in [5, 5.41) is 8.39. The molecule has 0 atom stereocenters. The zero-order valence-electron chi connectivity index (χ0n) is 5.84. The fourth-order valence-electron chi connectivity index (χ4n) is 0.623. The lowest BCUT2D eigenvalue weighted by Gasteiger charge is -1.95. The highest BCUT2D eigenvalue weighted by Crippen LogP contribution is 2.04. The Balaban J connectivity index is 3.15. The van der Waals surface area contributed by atoms with Gasteiger partial charge in [0.2, 0.25) is 0 Å². The molecule has 1 N–H and O–H groups in total. The van der Waals surface area contributed by atoms with Gasteiger partial charge in [0, 0.05) is 6.20 Å². The van der Waals surface area contributed by atoms with E-state index in [1.807, 2.05) is 0 Å². The molecule has 0 amide bonds. The van der Waals surface area contributed by atoms with E-state index in [1.54, 1.807) is 0 Å².